The molecule has 3 aromatic heterocycles. The zero-order valence-corrected chi connectivity index (χ0v) is 11.7. The van der Waals surface area contributed by atoms with Crippen LogP contribution in [0.5, 0.6) is 0 Å². The molecule has 0 amide bonds. The Kier molecular flexibility index (Phi) is 2.94. The molecule has 1 aromatic carbocycles. The van der Waals surface area contributed by atoms with Crippen LogP contribution in [-0.2, 0) is 6.54 Å². The molecule has 0 radical (unpaired) electrons. The maximum absolute atomic E-state index is 12.1. The summed E-state index contributed by atoms with van der Waals surface area (Å²) in [6.45, 7) is -0.0940. The molecule has 114 valence electrons. The number of H-pyrrole nitrogens is 1. The van der Waals surface area contributed by atoms with Crippen molar-refractivity contribution >= 4 is 11.0 Å². The first-order valence-corrected chi connectivity index (χ1v) is 6.80. The Hall–Kier alpha value is -3.42. The summed E-state index contributed by atoms with van der Waals surface area (Å²) in [4.78, 5) is 30.9. The van der Waals surface area contributed by atoms with E-state index < -0.39 is 5.76 Å². The highest BCUT2D eigenvalue weighted by Gasteiger charge is 2.14. The monoisotopic (exact) mass is 310 g/mol. The molecular weight excluding hydrogens is 300 g/mol. The standard InChI is InChI=1S/C15H10N4O4/c20-13-11(16-9-4-1-2-5-10(9)17-13)8-19-15(21)23-14(18-19)12-6-3-7-22-12/h1-7H,8H2,(H,17,20). The normalized spacial score (nSPS) is 11.1. The lowest BCUT2D eigenvalue weighted by molar-refractivity contribution is 0.475. The van der Waals surface area contributed by atoms with E-state index in [-0.39, 0.29) is 23.7 Å². The Morgan fingerprint density at radius 3 is 2.83 bits per heavy atom. The lowest BCUT2D eigenvalue weighted by Gasteiger charge is -2.01. The van der Waals surface area contributed by atoms with E-state index in [2.05, 4.69) is 15.1 Å². The zero-order valence-electron chi connectivity index (χ0n) is 11.7. The van der Waals surface area contributed by atoms with Crippen LogP contribution in [0.15, 0.2) is 61.1 Å². The Labute approximate surface area is 128 Å². The van der Waals surface area contributed by atoms with Gasteiger partial charge < -0.3 is 13.8 Å². The van der Waals surface area contributed by atoms with Gasteiger partial charge in [0.15, 0.2) is 5.76 Å². The van der Waals surface area contributed by atoms with Gasteiger partial charge in [-0.25, -0.2) is 9.78 Å². The predicted molar refractivity (Wildman–Crippen MR) is 79.9 cm³/mol. The fourth-order valence-electron chi connectivity index (χ4n) is 2.22. The second-order valence-electron chi connectivity index (χ2n) is 4.84. The number of para-hydroxylation sites is 2. The van der Waals surface area contributed by atoms with Crippen molar-refractivity contribution in [3.63, 3.8) is 0 Å². The van der Waals surface area contributed by atoms with Crippen LogP contribution < -0.4 is 11.3 Å². The Bertz CT molecular complexity index is 1090. The van der Waals surface area contributed by atoms with Gasteiger partial charge in [0.2, 0.25) is 0 Å². The maximum Gasteiger partial charge on any atom is 0.437 e. The molecule has 0 atom stereocenters. The van der Waals surface area contributed by atoms with E-state index >= 15 is 0 Å². The summed E-state index contributed by atoms with van der Waals surface area (Å²) < 4.78 is 11.2. The number of aromatic amines is 1. The summed E-state index contributed by atoms with van der Waals surface area (Å²) in [6.07, 6.45) is 1.45. The van der Waals surface area contributed by atoms with Crippen molar-refractivity contribution in [2.75, 3.05) is 0 Å². The molecule has 3 heterocycles. The summed E-state index contributed by atoms with van der Waals surface area (Å²) in [7, 11) is 0. The number of furan rings is 1. The van der Waals surface area contributed by atoms with Crippen molar-refractivity contribution in [2.24, 2.45) is 0 Å². The molecule has 0 spiro atoms. The van der Waals surface area contributed by atoms with E-state index in [9.17, 15) is 9.59 Å². The van der Waals surface area contributed by atoms with Gasteiger partial charge in [-0.3, -0.25) is 4.79 Å². The third kappa shape index (κ3) is 2.35. The number of benzene rings is 1. The van der Waals surface area contributed by atoms with Crippen LogP contribution in [-0.4, -0.2) is 19.7 Å². The number of hydrogen-bond acceptors (Lipinski definition) is 6. The number of nitrogens with zero attached hydrogens (tertiary/aromatic N) is 3. The molecule has 0 aliphatic rings. The number of nitrogens with one attached hydrogen (secondary N) is 1. The second kappa shape index (κ2) is 5.09. The summed E-state index contributed by atoms with van der Waals surface area (Å²) in [5, 5.41) is 4.02. The van der Waals surface area contributed by atoms with Crippen LogP contribution in [0.1, 0.15) is 5.69 Å². The van der Waals surface area contributed by atoms with E-state index in [0.29, 0.717) is 16.8 Å². The molecule has 0 aliphatic carbocycles. The number of rotatable bonds is 3. The lowest BCUT2D eigenvalue weighted by atomic mass is 10.3. The zero-order chi connectivity index (χ0) is 15.8. The summed E-state index contributed by atoms with van der Waals surface area (Å²) in [6, 6.07) is 10.4. The van der Waals surface area contributed by atoms with Gasteiger partial charge in [-0.1, -0.05) is 12.1 Å². The third-order valence-electron chi connectivity index (χ3n) is 3.31. The van der Waals surface area contributed by atoms with E-state index in [0.717, 1.165) is 4.68 Å². The van der Waals surface area contributed by atoms with E-state index in [1.807, 2.05) is 6.07 Å². The average Bonchev–Trinajstić information content (AvgIpc) is 3.18. The van der Waals surface area contributed by atoms with Gasteiger partial charge in [-0.05, 0) is 24.3 Å². The Morgan fingerprint density at radius 2 is 2.00 bits per heavy atom. The molecule has 8 heteroatoms. The highest BCUT2D eigenvalue weighted by atomic mass is 16.4. The lowest BCUT2D eigenvalue weighted by Crippen LogP contribution is -2.23. The van der Waals surface area contributed by atoms with Gasteiger partial charge in [0.25, 0.3) is 11.4 Å². The van der Waals surface area contributed by atoms with Crippen molar-refractivity contribution < 1.29 is 8.83 Å². The fourth-order valence-corrected chi connectivity index (χ4v) is 2.22. The third-order valence-corrected chi connectivity index (χ3v) is 3.31. The molecule has 4 aromatic rings. The highest BCUT2D eigenvalue weighted by molar-refractivity contribution is 5.73. The first-order valence-electron chi connectivity index (χ1n) is 6.80. The van der Waals surface area contributed by atoms with Crippen molar-refractivity contribution in [3.05, 3.63) is 69.3 Å². The fraction of sp³-hybridized carbons (Fsp3) is 0.0667. The van der Waals surface area contributed by atoms with Crippen LogP contribution in [0.3, 0.4) is 0 Å². The molecule has 8 nitrogen and oxygen atoms in total. The molecule has 23 heavy (non-hydrogen) atoms. The van der Waals surface area contributed by atoms with Crippen molar-refractivity contribution in [2.45, 2.75) is 6.54 Å². The van der Waals surface area contributed by atoms with Gasteiger partial charge in [0.1, 0.15) is 5.69 Å². The molecule has 0 saturated carbocycles. The summed E-state index contributed by atoms with van der Waals surface area (Å²) in [5.74, 6) is -0.302. The van der Waals surface area contributed by atoms with Crippen molar-refractivity contribution in [1.82, 2.24) is 19.7 Å². The summed E-state index contributed by atoms with van der Waals surface area (Å²) >= 11 is 0. The average molecular weight is 310 g/mol. The number of fused-ring (bicyclic) bond motifs is 1. The first-order chi connectivity index (χ1) is 11.2. The molecule has 0 saturated heterocycles. The van der Waals surface area contributed by atoms with E-state index in [1.54, 1.807) is 30.3 Å². The minimum Gasteiger partial charge on any atom is -0.459 e. The predicted octanol–water partition coefficient (Wildman–Crippen LogP) is 1.38. The SMILES string of the molecule is O=c1[nH]c2ccccc2nc1Cn1nc(-c2ccco2)oc1=O. The van der Waals surface area contributed by atoms with Crippen molar-refractivity contribution in [3.8, 4) is 11.7 Å². The van der Waals surface area contributed by atoms with Gasteiger partial charge in [-0.15, -0.1) is 5.10 Å². The van der Waals surface area contributed by atoms with Crippen molar-refractivity contribution in [1.29, 1.82) is 0 Å². The molecule has 0 aliphatic heterocycles. The quantitative estimate of drug-likeness (QED) is 0.612. The Morgan fingerprint density at radius 1 is 1.13 bits per heavy atom. The number of hydrogen-bond donors (Lipinski definition) is 1. The largest absolute Gasteiger partial charge is 0.459 e. The van der Waals surface area contributed by atoms with Crippen LogP contribution in [0.4, 0.5) is 0 Å². The van der Waals surface area contributed by atoms with Gasteiger partial charge in [0.05, 0.1) is 23.8 Å². The second-order valence-corrected chi connectivity index (χ2v) is 4.84. The molecule has 0 fully saturated rings. The minimum atomic E-state index is -0.689. The first kappa shape index (κ1) is 13.3. The molecule has 1 N–H and O–H groups in total. The summed E-state index contributed by atoms with van der Waals surface area (Å²) in [5.41, 5.74) is 1.05. The van der Waals surface area contributed by atoms with Gasteiger partial charge in [0, 0.05) is 0 Å². The molecule has 0 bridgehead atoms. The van der Waals surface area contributed by atoms with Gasteiger partial charge >= 0.3 is 5.76 Å². The molecule has 4 rings (SSSR count). The van der Waals surface area contributed by atoms with Gasteiger partial charge in [-0.2, -0.15) is 4.68 Å². The van der Waals surface area contributed by atoms with E-state index in [1.165, 1.54) is 6.26 Å². The topological polar surface area (TPSA) is 107 Å². The Balaban J connectivity index is 1.75. The minimum absolute atomic E-state index is 0.0530. The highest BCUT2D eigenvalue weighted by Crippen LogP contribution is 2.15. The molecule has 0 unspecified atom stereocenters. The molecular formula is C15H10N4O4. The van der Waals surface area contributed by atoms with Crippen LogP contribution >= 0.6 is 0 Å². The smallest absolute Gasteiger partial charge is 0.437 e. The van der Waals surface area contributed by atoms with Crippen LogP contribution in [0.25, 0.3) is 22.7 Å². The number of aromatic nitrogens is 4. The van der Waals surface area contributed by atoms with Crippen LogP contribution in [0.2, 0.25) is 0 Å². The van der Waals surface area contributed by atoms with E-state index in [4.69, 9.17) is 8.83 Å². The maximum atomic E-state index is 12.1. The van der Waals surface area contributed by atoms with Crippen LogP contribution in [0, 0.1) is 0 Å².